The van der Waals surface area contributed by atoms with Crippen LogP contribution in [0.5, 0.6) is 5.75 Å². The highest BCUT2D eigenvalue weighted by molar-refractivity contribution is 6.31. The van der Waals surface area contributed by atoms with E-state index in [0.717, 1.165) is 33.7 Å². The van der Waals surface area contributed by atoms with Crippen molar-refractivity contribution in [2.75, 3.05) is 11.9 Å². The van der Waals surface area contributed by atoms with Gasteiger partial charge in [-0.1, -0.05) is 23.7 Å². The predicted octanol–water partition coefficient (Wildman–Crippen LogP) is 5.76. The summed E-state index contributed by atoms with van der Waals surface area (Å²) < 4.78 is 5.67. The van der Waals surface area contributed by atoms with Crippen molar-refractivity contribution in [1.29, 1.82) is 0 Å². The molecule has 0 amide bonds. The number of hydrogen-bond acceptors (Lipinski definition) is 3. The first-order valence-electron chi connectivity index (χ1n) is 7.23. The molecule has 3 rings (SSSR count). The van der Waals surface area contributed by atoms with Crippen LogP contribution in [0.15, 0.2) is 48.5 Å². The number of halogens is 2. The van der Waals surface area contributed by atoms with E-state index in [0.29, 0.717) is 11.6 Å². The third-order valence-electron chi connectivity index (χ3n) is 3.36. The van der Waals surface area contributed by atoms with E-state index in [1.165, 1.54) is 0 Å². The van der Waals surface area contributed by atoms with E-state index in [-0.39, 0.29) is 12.4 Å². The van der Waals surface area contributed by atoms with Gasteiger partial charge in [-0.2, -0.15) is 0 Å². The first kappa shape index (κ1) is 17.4. The summed E-state index contributed by atoms with van der Waals surface area (Å²) in [6, 6.07) is 15.6. The summed E-state index contributed by atoms with van der Waals surface area (Å²) in [6.45, 7) is 4.58. The molecule has 0 radical (unpaired) electrons. The highest BCUT2D eigenvalue weighted by atomic mass is 35.5. The van der Waals surface area contributed by atoms with Crippen molar-refractivity contribution in [2.45, 2.75) is 13.8 Å². The fourth-order valence-corrected chi connectivity index (χ4v) is 2.60. The number of hydrogen-bond donors (Lipinski definition) is 1. The number of anilines is 2. The minimum absolute atomic E-state index is 0. The van der Waals surface area contributed by atoms with Crippen LogP contribution >= 0.6 is 24.0 Å². The number of ether oxygens (including phenoxy) is 1. The summed E-state index contributed by atoms with van der Waals surface area (Å²) in [5.74, 6) is 0.828. The van der Waals surface area contributed by atoms with Gasteiger partial charge in [0.15, 0.2) is 0 Å². The summed E-state index contributed by atoms with van der Waals surface area (Å²) in [4.78, 5) is 4.55. The number of para-hydroxylation sites is 2. The van der Waals surface area contributed by atoms with E-state index in [9.17, 15) is 0 Å². The molecule has 0 unspecified atom stereocenters. The van der Waals surface area contributed by atoms with Gasteiger partial charge in [-0.25, -0.2) is 0 Å². The number of aryl methyl sites for hydroxylation is 1. The van der Waals surface area contributed by atoms with Crippen molar-refractivity contribution in [3.05, 3.63) is 59.2 Å². The standard InChI is InChI=1S/C18H17ClN2O.ClH/c1-3-22-18-7-5-4-6-16(18)21-17-10-12(2)20-15-9-8-13(19)11-14(15)17;/h4-11H,3H2,1-2H3,(H,20,21);1H. The van der Waals surface area contributed by atoms with Crippen molar-refractivity contribution in [1.82, 2.24) is 4.98 Å². The number of aromatic nitrogens is 1. The Kier molecular flexibility index (Phi) is 5.69. The lowest BCUT2D eigenvalue weighted by atomic mass is 10.1. The molecule has 5 heteroatoms. The van der Waals surface area contributed by atoms with Gasteiger partial charge in [0.1, 0.15) is 5.75 Å². The Labute approximate surface area is 147 Å². The van der Waals surface area contributed by atoms with E-state index in [1.807, 2.05) is 62.4 Å². The molecule has 1 N–H and O–H groups in total. The summed E-state index contributed by atoms with van der Waals surface area (Å²) in [5, 5.41) is 5.13. The van der Waals surface area contributed by atoms with Crippen LogP contribution in [0.3, 0.4) is 0 Å². The highest BCUT2D eigenvalue weighted by Crippen LogP contribution is 2.32. The molecule has 23 heavy (non-hydrogen) atoms. The van der Waals surface area contributed by atoms with Gasteiger partial charge >= 0.3 is 0 Å². The maximum absolute atomic E-state index is 6.13. The van der Waals surface area contributed by atoms with Gasteiger partial charge in [0.25, 0.3) is 0 Å². The van der Waals surface area contributed by atoms with Gasteiger partial charge in [0, 0.05) is 21.8 Å². The maximum atomic E-state index is 6.13. The van der Waals surface area contributed by atoms with Gasteiger partial charge in [0.05, 0.1) is 17.8 Å². The van der Waals surface area contributed by atoms with Crippen LogP contribution in [0.1, 0.15) is 12.6 Å². The minimum atomic E-state index is 0. The lowest BCUT2D eigenvalue weighted by Gasteiger charge is -2.14. The number of nitrogens with one attached hydrogen (secondary N) is 1. The average Bonchev–Trinajstić information content (AvgIpc) is 2.50. The van der Waals surface area contributed by atoms with E-state index in [1.54, 1.807) is 0 Å². The fraction of sp³-hybridized carbons (Fsp3) is 0.167. The van der Waals surface area contributed by atoms with E-state index in [4.69, 9.17) is 16.3 Å². The number of nitrogens with zero attached hydrogens (tertiary/aromatic N) is 1. The minimum Gasteiger partial charge on any atom is -0.492 e. The van der Waals surface area contributed by atoms with Gasteiger partial charge < -0.3 is 10.1 Å². The molecule has 1 heterocycles. The third kappa shape index (κ3) is 3.87. The van der Waals surface area contributed by atoms with Crippen LogP contribution in [-0.2, 0) is 0 Å². The molecule has 0 fully saturated rings. The molecule has 2 aromatic carbocycles. The van der Waals surface area contributed by atoms with E-state index >= 15 is 0 Å². The van der Waals surface area contributed by atoms with Crippen molar-refractivity contribution in [2.24, 2.45) is 0 Å². The van der Waals surface area contributed by atoms with Gasteiger partial charge in [-0.3, -0.25) is 4.98 Å². The second kappa shape index (κ2) is 7.53. The topological polar surface area (TPSA) is 34.1 Å². The summed E-state index contributed by atoms with van der Waals surface area (Å²) >= 11 is 6.13. The SMILES string of the molecule is CCOc1ccccc1Nc1cc(C)nc2ccc(Cl)cc12.Cl. The van der Waals surface area contributed by atoms with Crippen LogP contribution in [0.4, 0.5) is 11.4 Å². The molecular formula is C18H18Cl2N2O. The zero-order valence-electron chi connectivity index (χ0n) is 13.0. The molecule has 0 bridgehead atoms. The van der Waals surface area contributed by atoms with E-state index < -0.39 is 0 Å². The van der Waals surface area contributed by atoms with Crippen molar-refractivity contribution in [3.63, 3.8) is 0 Å². The number of pyridine rings is 1. The van der Waals surface area contributed by atoms with E-state index in [2.05, 4.69) is 10.3 Å². The first-order chi connectivity index (χ1) is 10.7. The Hall–Kier alpha value is -1.97. The monoisotopic (exact) mass is 348 g/mol. The summed E-state index contributed by atoms with van der Waals surface area (Å²) in [6.07, 6.45) is 0. The lowest BCUT2D eigenvalue weighted by molar-refractivity contribution is 0.342. The van der Waals surface area contributed by atoms with Crippen molar-refractivity contribution < 1.29 is 4.74 Å². The Morgan fingerprint density at radius 1 is 1.09 bits per heavy atom. The molecule has 0 aliphatic carbocycles. The number of rotatable bonds is 4. The molecule has 0 atom stereocenters. The van der Waals surface area contributed by atoms with Crippen molar-refractivity contribution >= 4 is 46.3 Å². The Morgan fingerprint density at radius 2 is 1.87 bits per heavy atom. The number of benzene rings is 2. The summed E-state index contributed by atoms with van der Waals surface area (Å²) in [7, 11) is 0. The molecule has 0 saturated carbocycles. The molecule has 1 aromatic heterocycles. The third-order valence-corrected chi connectivity index (χ3v) is 3.59. The first-order valence-corrected chi connectivity index (χ1v) is 7.61. The second-order valence-electron chi connectivity index (χ2n) is 5.03. The quantitative estimate of drug-likeness (QED) is 0.650. The molecule has 0 spiro atoms. The largest absolute Gasteiger partial charge is 0.492 e. The zero-order valence-corrected chi connectivity index (χ0v) is 14.5. The van der Waals surface area contributed by atoms with Gasteiger partial charge in [0.2, 0.25) is 0 Å². The zero-order chi connectivity index (χ0) is 15.5. The molecule has 3 aromatic rings. The molecule has 120 valence electrons. The molecule has 3 nitrogen and oxygen atoms in total. The Bertz CT molecular complexity index is 821. The summed E-state index contributed by atoms with van der Waals surface area (Å²) in [5.41, 5.74) is 3.76. The smallest absolute Gasteiger partial charge is 0.142 e. The van der Waals surface area contributed by atoms with Crippen LogP contribution < -0.4 is 10.1 Å². The maximum Gasteiger partial charge on any atom is 0.142 e. The van der Waals surface area contributed by atoms with Crippen LogP contribution in [0.25, 0.3) is 10.9 Å². The molecule has 0 aliphatic heterocycles. The average molecular weight is 349 g/mol. The Balaban J connectivity index is 0.00000192. The Morgan fingerprint density at radius 3 is 2.65 bits per heavy atom. The molecular weight excluding hydrogens is 331 g/mol. The van der Waals surface area contributed by atoms with Crippen LogP contribution in [0, 0.1) is 6.92 Å². The fourth-order valence-electron chi connectivity index (χ4n) is 2.43. The second-order valence-corrected chi connectivity index (χ2v) is 5.46. The molecule has 0 aliphatic rings. The normalized spacial score (nSPS) is 10.2. The van der Waals surface area contributed by atoms with Crippen LogP contribution in [-0.4, -0.2) is 11.6 Å². The lowest BCUT2D eigenvalue weighted by Crippen LogP contribution is -1.99. The van der Waals surface area contributed by atoms with Gasteiger partial charge in [-0.15, -0.1) is 12.4 Å². The van der Waals surface area contributed by atoms with Crippen molar-refractivity contribution in [3.8, 4) is 5.75 Å². The number of fused-ring (bicyclic) bond motifs is 1. The van der Waals surface area contributed by atoms with Crippen LogP contribution in [0.2, 0.25) is 5.02 Å². The highest BCUT2D eigenvalue weighted by Gasteiger charge is 2.08. The van der Waals surface area contributed by atoms with Gasteiger partial charge in [-0.05, 0) is 50.2 Å². The predicted molar refractivity (Wildman–Crippen MR) is 99.6 cm³/mol. The molecule has 0 saturated heterocycles.